The molecular weight excluding hydrogens is 411 g/mol. The summed E-state index contributed by atoms with van der Waals surface area (Å²) in [5, 5.41) is 7.55. The minimum atomic E-state index is -0.321. The number of rotatable bonds is 6. The van der Waals surface area contributed by atoms with E-state index in [4.69, 9.17) is 4.52 Å². The van der Waals surface area contributed by atoms with Gasteiger partial charge in [0.2, 0.25) is 5.82 Å². The lowest BCUT2D eigenvalue weighted by atomic mass is 10.2. The monoisotopic (exact) mass is 426 g/mol. The van der Waals surface area contributed by atoms with Gasteiger partial charge >= 0.3 is 0 Å². The second-order valence-corrected chi connectivity index (χ2v) is 7.90. The Kier molecular flexibility index (Phi) is 5.68. The van der Waals surface area contributed by atoms with Crippen LogP contribution in [0.3, 0.4) is 0 Å². The Morgan fingerprint density at radius 2 is 2.03 bits per heavy atom. The molecule has 9 heteroatoms. The zero-order chi connectivity index (χ0) is 20.2. The molecule has 0 saturated carbocycles. The first kappa shape index (κ1) is 19.3. The molecule has 0 aliphatic heterocycles. The highest BCUT2D eigenvalue weighted by atomic mass is 32.2. The van der Waals surface area contributed by atoms with E-state index in [1.807, 2.05) is 18.4 Å². The zero-order valence-corrected chi connectivity index (χ0v) is 16.9. The van der Waals surface area contributed by atoms with Crippen molar-refractivity contribution in [3.8, 4) is 22.2 Å². The topological polar surface area (TPSA) is 80.9 Å². The van der Waals surface area contributed by atoms with E-state index in [-0.39, 0.29) is 11.7 Å². The maximum Gasteiger partial charge on any atom is 0.268 e. The summed E-state index contributed by atoms with van der Waals surface area (Å²) in [4.78, 5) is 22.7. The Morgan fingerprint density at radius 1 is 1.21 bits per heavy atom. The molecule has 1 amide bonds. The Bertz CT molecular complexity index is 1140. The van der Waals surface area contributed by atoms with E-state index in [0.29, 0.717) is 34.4 Å². The molecule has 0 saturated heterocycles. The number of nitrogens with zero attached hydrogens (tertiary/aromatic N) is 3. The highest BCUT2D eigenvalue weighted by molar-refractivity contribution is 7.98. The Balaban J connectivity index is 1.44. The summed E-state index contributed by atoms with van der Waals surface area (Å²) in [6.07, 6.45) is 3.55. The first-order valence-corrected chi connectivity index (χ1v) is 10.6. The lowest BCUT2D eigenvalue weighted by Gasteiger charge is -2.06. The van der Waals surface area contributed by atoms with Crippen molar-refractivity contribution in [2.24, 2.45) is 0 Å². The Labute approximate surface area is 174 Å². The van der Waals surface area contributed by atoms with Crippen LogP contribution in [0.15, 0.2) is 64.3 Å². The summed E-state index contributed by atoms with van der Waals surface area (Å²) in [6, 6.07) is 13.2. The number of hydrogen-bond donors (Lipinski definition) is 1. The number of carbonyl (C=O) groups excluding carboxylic acids is 1. The van der Waals surface area contributed by atoms with Gasteiger partial charge in [-0.05, 0) is 54.8 Å². The maximum absolute atomic E-state index is 13.1. The van der Waals surface area contributed by atoms with Crippen LogP contribution in [0.2, 0.25) is 0 Å². The minimum Gasteiger partial charge on any atom is -0.347 e. The molecule has 3 aromatic heterocycles. The van der Waals surface area contributed by atoms with Crippen LogP contribution in [-0.4, -0.2) is 27.3 Å². The third-order valence-electron chi connectivity index (χ3n) is 4.03. The third-order valence-corrected chi connectivity index (χ3v) is 5.82. The van der Waals surface area contributed by atoms with Crippen LogP contribution >= 0.6 is 23.1 Å². The lowest BCUT2D eigenvalue weighted by Crippen LogP contribution is -2.23. The van der Waals surface area contributed by atoms with E-state index >= 15 is 0 Å². The van der Waals surface area contributed by atoms with Crippen molar-refractivity contribution in [2.45, 2.75) is 11.6 Å². The second kappa shape index (κ2) is 8.54. The molecule has 0 spiro atoms. The molecule has 0 aliphatic rings. The second-order valence-electron chi connectivity index (χ2n) is 5.94. The molecule has 29 heavy (non-hydrogen) atoms. The molecule has 1 N–H and O–H groups in total. The smallest absolute Gasteiger partial charge is 0.268 e. The fourth-order valence-corrected chi connectivity index (χ4v) is 4.03. The predicted octanol–water partition coefficient (Wildman–Crippen LogP) is 4.65. The average molecular weight is 426 g/mol. The van der Waals surface area contributed by atoms with Crippen molar-refractivity contribution in [2.75, 3.05) is 6.26 Å². The number of hydrogen-bond acceptors (Lipinski definition) is 7. The summed E-state index contributed by atoms with van der Waals surface area (Å²) in [5.74, 6) is 0.278. The van der Waals surface area contributed by atoms with Crippen molar-refractivity contribution in [3.05, 3.63) is 71.0 Å². The fourth-order valence-electron chi connectivity index (χ4n) is 2.62. The number of nitrogens with one attached hydrogen (secondary N) is 1. The largest absolute Gasteiger partial charge is 0.347 e. The van der Waals surface area contributed by atoms with Gasteiger partial charge in [0.1, 0.15) is 10.8 Å². The first-order chi connectivity index (χ1) is 14.1. The molecule has 4 rings (SSSR count). The molecule has 0 unspecified atom stereocenters. The number of thioether (sulfide) groups is 1. The van der Waals surface area contributed by atoms with Crippen LogP contribution in [0.25, 0.3) is 22.2 Å². The summed E-state index contributed by atoms with van der Waals surface area (Å²) >= 11 is 2.88. The van der Waals surface area contributed by atoms with Gasteiger partial charge in [-0.15, -0.1) is 23.1 Å². The number of pyridine rings is 1. The number of aromatic nitrogens is 3. The van der Waals surface area contributed by atoms with Crippen LogP contribution in [0, 0.1) is 5.82 Å². The molecular formula is C20H15FN4O2S2. The number of carbonyl (C=O) groups is 1. The van der Waals surface area contributed by atoms with Crippen molar-refractivity contribution in [1.82, 2.24) is 20.4 Å². The highest BCUT2D eigenvalue weighted by Crippen LogP contribution is 2.29. The molecule has 6 nitrogen and oxygen atoms in total. The van der Waals surface area contributed by atoms with Crippen molar-refractivity contribution in [3.63, 3.8) is 0 Å². The standard InChI is InChI=1S/C20H15FN4O2S2/c1-28-20-15(3-2-10-22-20)18(26)23-11-14-8-9-16(29-14)19-24-17(25-27-19)12-4-6-13(21)7-5-12/h2-10H,11H2,1H3,(H,23,26). The molecule has 0 bridgehead atoms. The minimum absolute atomic E-state index is 0.172. The number of halogens is 1. The van der Waals surface area contributed by atoms with Gasteiger partial charge in [0.05, 0.1) is 17.0 Å². The number of thiophene rings is 1. The molecule has 0 atom stereocenters. The van der Waals surface area contributed by atoms with Gasteiger partial charge in [0.15, 0.2) is 0 Å². The van der Waals surface area contributed by atoms with E-state index in [9.17, 15) is 9.18 Å². The van der Waals surface area contributed by atoms with Gasteiger partial charge in [-0.3, -0.25) is 4.79 Å². The molecule has 4 aromatic rings. The van der Waals surface area contributed by atoms with Crippen LogP contribution in [0.1, 0.15) is 15.2 Å². The first-order valence-electron chi connectivity index (χ1n) is 8.60. The zero-order valence-electron chi connectivity index (χ0n) is 15.3. The van der Waals surface area contributed by atoms with E-state index in [2.05, 4.69) is 20.4 Å². The molecule has 3 heterocycles. The van der Waals surface area contributed by atoms with Gasteiger partial charge in [-0.2, -0.15) is 4.98 Å². The van der Waals surface area contributed by atoms with Crippen LogP contribution in [-0.2, 0) is 6.54 Å². The number of amides is 1. The maximum atomic E-state index is 13.1. The van der Waals surface area contributed by atoms with Crippen molar-refractivity contribution < 1.29 is 13.7 Å². The normalized spacial score (nSPS) is 10.8. The lowest BCUT2D eigenvalue weighted by molar-refractivity contribution is 0.0947. The molecule has 1 aromatic carbocycles. The summed E-state index contributed by atoms with van der Waals surface area (Å²) in [6.45, 7) is 0.380. The van der Waals surface area contributed by atoms with E-state index in [0.717, 1.165) is 9.75 Å². The summed E-state index contributed by atoms with van der Waals surface area (Å²) in [7, 11) is 0. The number of benzene rings is 1. The van der Waals surface area contributed by atoms with Crippen molar-refractivity contribution in [1.29, 1.82) is 0 Å². The molecule has 0 aliphatic carbocycles. The average Bonchev–Trinajstić information content (AvgIpc) is 3.42. The highest BCUT2D eigenvalue weighted by Gasteiger charge is 2.15. The third kappa shape index (κ3) is 4.36. The quantitative estimate of drug-likeness (QED) is 0.452. The summed E-state index contributed by atoms with van der Waals surface area (Å²) in [5.41, 5.74) is 1.23. The van der Waals surface area contributed by atoms with Gasteiger partial charge in [-0.1, -0.05) is 5.16 Å². The van der Waals surface area contributed by atoms with Gasteiger partial charge in [0, 0.05) is 16.6 Å². The Morgan fingerprint density at radius 3 is 2.83 bits per heavy atom. The van der Waals surface area contributed by atoms with Gasteiger partial charge in [-0.25, -0.2) is 9.37 Å². The van der Waals surface area contributed by atoms with E-state index < -0.39 is 0 Å². The molecule has 146 valence electrons. The van der Waals surface area contributed by atoms with Gasteiger partial charge < -0.3 is 9.84 Å². The van der Waals surface area contributed by atoms with Crippen LogP contribution in [0.4, 0.5) is 4.39 Å². The Hall–Kier alpha value is -3.04. The summed E-state index contributed by atoms with van der Waals surface area (Å²) < 4.78 is 18.4. The molecule has 0 fully saturated rings. The van der Waals surface area contributed by atoms with Gasteiger partial charge in [0.25, 0.3) is 11.8 Å². The van der Waals surface area contributed by atoms with Crippen LogP contribution in [0.5, 0.6) is 0 Å². The SMILES string of the molecule is CSc1ncccc1C(=O)NCc1ccc(-c2nc(-c3ccc(F)cc3)no2)s1. The van der Waals surface area contributed by atoms with Crippen molar-refractivity contribution >= 4 is 29.0 Å². The molecule has 0 radical (unpaired) electrons. The van der Waals surface area contributed by atoms with E-state index in [1.165, 1.54) is 35.2 Å². The predicted molar refractivity (Wildman–Crippen MR) is 110 cm³/mol. The van der Waals surface area contributed by atoms with E-state index in [1.54, 1.807) is 30.5 Å². The van der Waals surface area contributed by atoms with Crippen LogP contribution < -0.4 is 5.32 Å². The fraction of sp³-hybridized carbons (Fsp3) is 0.100.